The molecular formula is C23H33N3O7. The zero-order chi connectivity index (χ0) is 24.5. The molecule has 1 aromatic carbocycles. The Bertz CT molecular complexity index is 912. The van der Waals surface area contributed by atoms with E-state index in [2.05, 4.69) is 17.6 Å². The summed E-state index contributed by atoms with van der Waals surface area (Å²) in [5.41, 5.74) is 0.596. The van der Waals surface area contributed by atoms with Gasteiger partial charge < -0.3 is 24.8 Å². The Morgan fingerprint density at radius 2 is 1.94 bits per heavy atom. The van der Waals surface area contributed by atoms with E-state index in [0.29, 0.717) is 24.3 Å². The zero-order valence-electron chi connectivity index (χ0n) is 19.9. The molecule has 0 bridgehead atoms. The Morgan fingerprint density at radius 1 is 1.21 bits per heavy atom. The number of nitrogens with one attached hydrogen (secondary N) is 2. The van der Waals surface area contributed by atoms with Gasteiger partial charge in [0.25, 0.3) is 0 Å². The molecule has 33 heavy (non-hydrogen) atoms. The summed E-state index contributed by atoms with van der Waals surface area (Å²) in [6.45, 7) is 7.63. The third-order valence-electron chi connectivity index (χ3n) is 5.12. The second-order valence-electron chi connectivity index (χ2n) is 7.97. The lowest BCUT2D eigenvalue weighted by molar-refractivity contribution is -0.386. The van der Waals surface area contributed by atoms with Crippen LogP contribution in [0.3, 0.4) is 0 Å². The fourth-order valence-electron chi connectivity index (χ4n) is 3.58. The first-order valence-corrected chi connectivity index (χ1v) is 11.2. The number of methoxy groups -OCH3 is 1. The summed E-state index contributed by atoms with van der Waals surface area (Å²) in [5.74, 6) is -0.441. The van der Waals surface area contributed by atoms with Crippen LogP contribution in [0.2, 0.25) is 0 Å². The molecule has 1 unspecified atom stereocenters. The molecule has 0 spiro atoms. The first-order chi connectivity index (χ1) is 15.7. The molecule has 2 amide bonds. The summed E-state index contributed by atoms with van der Waals surface area (Å²) in [7, 11) is 1.38. The third-order valence-corrected chi connectivity index (χ3v) is 5.12. The fraction of sp³-hybridized carbons (Fsp3) is 0.565. The van der Waals surface area contributed by atoms with Crippen molar-refractivity contribution >= 4 is 17.7 Å². The van der Waals surface area contributed by atoms with Crippen LogP contribution in [0.25, 0.3) is 0 Å². The average Bonchev–Trinajstić information content (AvgIpc) is 2.77. The monoisotopic (exact) mass is 463 g/mol. The number of nitro groups is 1. The van der Waals surface area contributed by atoms with Gasteiger partial charge in [-0.3, -0.25) is 10.1 Å². The summed E-state index contributed by atoms with van der Waals surface area (Å²) in [6, 6.07) is 1.37. The molecule has 0 aliphatic carbocycles. The first kappa shape index (κ1) is 26.0. The maximum Gasteiger partial charge on any atom is 0.338 e. The summed E-state index contributed by atoms with van der Waals surface area (Å²) >= 11 is 0. The number of esters is 1. The molecule has 1 aliphatic heterocycles. The molecule has 0 saturated carbocycles. The number of carbonyl (C=O) groups excluding carboxylic acids is 2. The highest BCUT2D eigenvalue weighted by Gasteiger charge is 2.36. The van der Waals surface area contributed by atoms with Crippen molar-refractivity contribution in [2.45, 2.75) is 71.9 Å². The number of carbonyl (C=O) groups is 2. The van der Waals surface area contributed by atoms with Gasteiger partial charge in [0.2, 0.25) is 5.75 Å². The van der Waals surface area contributed by atoms with Crippen molar-refractivity contribution in [1.82, 2.24) is 10.6 Å². The van der Waals surface area contributed by atoms with Crippen LogP contribution in [-0.2, 0) is 9.53 Å². The number of amides is 2. The predicted molar refractivity (Wildman–Crippen MR) is 122 cm³/mol. The van der Waals surface area contributed by atoms with E-state index in [1.807, 2.05) is 0 Å². The lowest BCUT2D eigenvalue weighted by Crippen LogP contribution is -2.46. The average molecular weight is 464 g/mol. The number of hydrogen-bond donors (Lipinski definition) is 2. The van der Waals surface area contributed by atoms with Gasteiger partial charge in [0, 0.05) is 11.8 Å². The number of hydrogen-bond acceptors (Lipinski definition) is 7. The Balaban J connectivity index is 2.52. The first-order valence-electron chi connectivity index (χ1n) is 11.2. The van der Waals surface area contributed by atoms with E-state index < -0.39 is 23.0 Å². The highest BCUT2D eigenvalue weighted by atomic mass is 16.6. The Labute approximate surface area is 193 Å². The number of unbranched alkanes of at least 4 members (excludes halogenated alkanes) is 3. The molecule has 1 aromatic rings. The van der Waals surface area contributed by atoms with Gasteiger partial charge in [0.05, 0.1) is 36.4 Å². The number of benzene rings is 1. The van der Waals surface area contributed by atoms with Crippen LogP contribution in [0.15, 0.2) is 23.4 Å². The van der Waals surface area contributed by atoms with Crippen LogP contribution in [0.1, 0.15) is 71.4 Å². The number of urea groups is 1. The van der Waals surface area contributed by atoms with Crippen LogP contribution < -0.4 is 20.1 Å². The van der Waals surface area contributed by atoms with Crippen molar-refractivity contribution in [2.75, 3.05) is 13.7 Å². The van der Waals surface area contributed by atoms with E-state index in [4.69, 9.17) is 14.2 Å². The van der Waals surface area contributed by atoms with Crippen LogP contribution in [-0.4, -0.2) is 36.7 Å². The highest BCUT2D eigenvalue weighted by molar-refractivity contribution is 5.95. The van der Waals surface area contributed by atoms with Crippen LogP contribution >= 0.6 is 0 Å². The zero-order valence-corrected chi connectivity index (χ0v) is 19.9. The molecule has 10 nitrogen and oxygen atoms in total. The van der Waals surface area contributed by atoms with Crippen LogP contribution in [0, 0.1) is 10.1 Å². The summed E-state index contributed by atoms with van der Waals surface area (Å²) < 4.78 is 16.5. The van der Waals surface area contributed by atoms with Crippen molar-refractivity contribution in [3.8, 4) is 11.5 Å². The van der Waals surface area contributed by atoms with Gasteiger partial charge >= 0.3 is 17.7 Å². The number of nitrogens with zero attached hydrogens (tertiary/aromatic N) is 1. The molecule has 0 fully saturated rings. The van der Waals surface area contributed by atoms with Crippen LogP contribution in [0.4, 0.5) is 10.5 Å². The van der Waals surface area contributed by atoms with E-state index in [9.17, 15) is 19.7 Å². The van der Waals surface area contributed by atoms with Gasteiger partial charge in [-0.15, -0.1) is 0 Å². The van der Waals surface area contributed by atoms with Crippen molar-refractivity contribution < 1.29 is 28.7 Å². The number of rotatable bonds is 12. The second kappa shape index (κ2) is 12.1. The summed E-state index contributed by atoms with van der Waals surface area (Å²) in [4.78, 5) is 36.5. The second-order valence-corrected chi connectivity index (χ2v) is 7.97. The molecule has 2 N–H and O–H groups in total. The number of allylic oxidation sites excluding steroid dienone is 1. The molecular weight excluding hydrogens is 430 g/mol. The maximum atomic E-state index is 12.9. The minimum Gasteiger partial charge on any atom is -0.493 e. The molecule has 1 heterocycles. The molecule has 0 saturated heterocycles. The molecule has 1 aliphatic rings. The molecule has 10 heteroatoms. The van der Waals surface area contributed by atoms with Crippen molar-refractivity contribution in [2.24, 2.45) is 0 Å². The van der Waals surface area contributed by atoms with Crippen molar-refractivity contribution in [3.05, 3.63) is 39.1 Å². The molecule has 0 aromatic heterocycles. The van der Waals surface area contributed by atoms with Gasteiger partial charge in [-0.25, -0.2) is 9.59 Å². The van der Waals surface area contributed by atoms with Gasteiger partial charge in [0.15, 0.2) is 5.75 Å². The van der Waals surface area contributed by atoms with E-state index in [1.165, 1.54) is 13.2 Å². The van der Waals surface area contributed by atoms with Gasteiger partial charge in [-0.1, -0.05) is 33.1 Å². The maximum absolute atomic E-state index is 12.9. The Morgan fingerprint density at radius 3 is 2.52 bits per heavy atom. The quantitative estimate of drug-likeness (QED) is 0.202. The lowest BCUT2D eigenvalue weighted by atomic mass is 9.93. The van der Waals surface area contributed by atoms with Gasteiger partial charge in [-0.05, 0) is 38.3 Å². The fourth-order valence-corrected chi connectivity index (χ4v) is 3.58. The smallest absolute Gasteiger partial charge is 0.338 e. The normalized spacial score (nSPS) is 15.7. The minimum absolute atomic E-state index is 0.0222. The van der Waals surface area contributed by atoms with E-state index in [0.717, 1.165) is 25.7 Å². The Hall–Kier alpha value is -3.30. The minimum atomic E-state index is -0.953. The van der Waals surface area contributed by atoms with E-state index in [-0.39, 0.29) is 28.9 Å². The molecule has 182 valence electrons. The largest absolute Gasteiger partial charge is 0.493 e. The molecule has 1 atom stereocenters. The van der Waals surface area contributed by atoms with E-state index in [1.54, 1.807) is 26.8 Å². The molecule has 0 radical (unpaired) electrons. The van der Waals surface area contributed by atoms with Crippen molar-refractivity contribution in [1.29, 1.82) is 0 Å². The topological polar surface area (TPSA) is 129 Å². The summed E-state index contributed by atoms with van der Waals surface area (Å²) in [6.07, 6.45) is 3.82. The SMILES string of the molecule is CCCCCCOc1c(OC)cc(C2NC(=O)NC(CC)=C2C(=O)OC(C)C)cc1[N+](=O)[O-]. The summed E-state index contributed by atoms with van der Waals surface area (Å²) in [5, 5.41) is 17.2. The van der Waals surface area contributed by atoms with Crippen LogP contribution in [0.5, 0.6) is 11.5 Å². The standard InChI is InChI=1S/C23H33N3O7/c1-6-8-9-10-11-32-21-17(26(29)30)12-15(13-18(21)31-5)20-19(22(27)33-14(3)4)16(7-2)24-23(28)25-20/h12-14,20H,6-11H2,1-5H3,(H2,24,25,28). The number of ether oxygens (including phenoxy) is 3. The van der Waals surface area contributed by atoms with Crippen molar-refractivity contribution in [3.63, 3.8) is 0 Å². The molecule has 2 rings (SSSR count). The third kappa shape index (κ3) is 6.59. The van der Waals surface area contributed by atoms with E-state index >= 15 is 0 Å². The number of nitro benzene ring substituents is 1. The van der Waals surface area contributed by atoms with Gasteiger partial charge in [-0.2, -0.15) is 0 Å². The lowest BCUT2D eigenvalue weighted by Gasteiger charge is -2.29. The highest BCUT2D eigenvalue weighted by Crippen LogP contribution is 2.42. The Kier molecular flexibility index (Phi) is 9.50. The predicted octanol–water partition coefficient (Wildman–Crippen LogP) is 4.53. The van der Waals surface area contributed by atoms with Gasteiger partial charge in [0.1, 0.15) is 0 Å².